The van der Waals surface area contributed by atoms with E-state index in [0.717, 1.165) is 22.4 Å². The van der Waals surface area contributed by atoms with Crippen LogP contribution in [0, 0.1) is 13.8 Å². The van der Waals surface area contributed by atoms with Crippen LogP contribution < -0.4 is 10.2 Å². The molecule has 1 saturated heterocycles. The van der Waals surface area contributed by atoms with Crippen molar-refractivity contribution in [3.63, 3.8) is 0 Å². The number of carbonyl (C=O) groups is 2. The van der Waals surface area contributed by atoms with Gasteiger partial charge in [-0.05, 0) is 37.1 Å². The molecular weight excluding hydrogens is 276 g/mol. The molecule has 1 heterocycles. The summed E-state index contributed by atoms with van der Waals surface area (Å²) in [6, 6.07) is 14.8. The molecule has 3 rings (SSSR count). The fraction of sp³-hybridized carbons (Fsp3) is 0.111. The number of hydrogen-bond acceptors (Lipinski definition) is 2. The molecule has 2 aromatic rings. The Bertz CT molecular complexity index is 779. The lowest BCUT2D eigenvalue weighted by atomic mass is 10.1. The number of hydrogen-bond donors (Lipinski definition) is 1. The topological polar surface area (TPSA) is 49.4 Å². The van der Waals surface area contributed by atoms with Crippen LogP contribution in [-0.2, 0) is 4.79 Å². The predicted molar refractivity (Wildman–Crippen MR) is 86.4 cm³/mol. The van der Waals surface area contributed by atoms with E-state index in [1.54, 1.807) is 6.08 Å². The number of benzene rings is 2. The van der Waals surface area contributed by atoms with Gasteiger partial charge in [0.05, 0.1) is 5.69 Å². The molecule has 110 valence electrons. The molecule has 0 saturated carbocycles. The molecule has 3 amide bonds. The zero-order chi connectivity index (χ0) is 15.7. The number of carbonyl (C=O) groups excluding carboxylic acids is 2. The minimum Gasteiger partial charge on any atom is -0.272 e. The largest absolute Gasteiger partial charge is 0.333 e. The molecular formula is C18H16N2O2. The van der Waals surface area contributed by atoms with Crippen molar-refractivity contribution in [1.82, 2.24) is 5.32 Å². The number of imide groups is 1. The molecule has 0 aromatic heterocycles. The molecule has 4 heteroatoms. The average molecular weight is 292 g/mol. The van der Waals surface area contributed by atoms with E-state index in [1.165, 1.54) is 4.90 Å². The van der Waals surface area contributed by atoms with Crippen LogP contribution in [-0.4, -0.2) is 11.9 Å². The number of amides is 3. The zero-order valence-corrected chi connectivity index (χ0v) is 12.5. The monoisotopic (exact) mass is 292 g/mol. The van der Waals surface area contributed by atoms with Gasteiger partial charge in [0.15, 0.2) is 0 Å². The van der Waals surface area contributed by atoms with Crippen LogP contribution in [0.2, 0.25) is 0 Å². The van der Waals surface area contributed by atoms with Gasteiger partial charge >= 0.3 is 6.03 Å². The van der Waals surface area contributed by atoms with E-state index in [2.05, 4.69) is 5.32 Å². The molecule has 0 atom stereocenters. The van der Waals surface area contributed by atoms with E-state index in [9.17, 15) is 9.59 Å². The Hall–Kier alpha value is -2.88. The van der Waals surface area contributed by atoms with E-state index in [1.807, 2.05) is 62.4 Å². The second kappa shape index (κ2) is 5.48. The second-order valence-corrected chi connectivity index (χ2v) is 5.32. The maximum atomic E-state index is 12.2. The number of nitrogens with one attached hydrogen (secondary N) is 1. The Labute approximate surface area is 129 Å². The van der Waals surface area contributed by atoms with Gasteiger partial charge in [0.25, 0.3) is 5.91 Å². The summed E-state index contributed by atoms with van der Waals surface area (Å²) < 4.78 is 0. The number of aryl methyl sites for hydroxylation is 2. The minimum atomic E-state index is -0.417. The van der Waals surface area contributed by atoms with E-state index in [4.69, 9.17) is 0 Å². The molecule has 22 heavy (non-hydrogen) atoms. The van der Waals surface area contributed by atoms with Gasteiger partial charge in [-0.2, -0.15) is 0 Å². The van der Waals surface area contributed by atoms with Crippen molar-refractivity contribution >= 4 is 23.7 Å². The van der Waals surface area contributed by atoms with Gasteiger partial charge < -0.3 is 0 Å². The third-order valence-corrected chi connectivity index (χ3v) is 3.59. The Morgan fingerprint density at radius 3 is 2.41 bits per heavy atom. The first kappa shape index (κ1) is 14.1. The fourth-order valence-corrected chi connectivity index (χ4v) is 2.56. The highest BCUT2D eigenvalue weighted by Crippen LogP contribution is 2.28. The molecule has 1 aliphatic rings. The Morgan fingerprint density at radius 2 is 1.73 bits per heavy atom. The molecule has 4 nitrogen and oxygen atoms in total. The summed E-state index contributed by atoms with van der Waals surface area (Å²) in [5, 5.41) is 2.36. The predicted octanol–water partition coefficient (Wildman–Crippen LogP) is 3.40. The number of anilines is 1. The quantitative estimate of drug-likeness (QED) is 0.681. The van der Waals surface area contributed by atoms with Gasteiger partial charge in [0.1, 0.15) is 5.70 Å². The summed E-state index contributed by atoms with van der Waals surface area (Å²) in [5.41, 5.74) is 3.99. The first-order valence-electron chi connectivity index (χ1n) is 7.06. The summed E-state index contributed by atoms with van der Waals surface area (Å²) >= 11 is 0. The van der Waals surface area contributed by atoms with Crippen LogP contribution in [0.1, 0.15) is 16.7 Å². The molecule has 0 spiro atoms. The average Bonchev–Trinajstić information content (AvgIpc) is 2.75. The van der Waals surface area contributed by atoms with Crippen molar-refractivity contribution in [3.05, 3.63) is 70.9 Å². The highest BCUT2D eigenvalue weighted by molar-refractivity contribution is 6.23. The Kier molecular flexibility index (Phi) is 3.51. The summed E-state index contributed by atoms with van der Waals surface area (Å²) in [7, 11) is 0. The van der Waals surface area contributed by atoms with Gasteiger partial charge in [-0.15, -0.1) is 0 Å². The molecule has 0 unspecified atom stereocenters. The van der Waals surface area contributed by atoms with Crippen LogP contribution in [0.5, 0.6) is 0 Å². The van der Waals surface area contributed by atoms with Crippen LogP contribution in [0.4, 0.5) is 10.5 Å². The zero-order valence-electron chi connectivity index (χ0n) is 12.5. The number of rotatable bonds is 2. The fourth-order valence-electron chi connectivity index (χ4n) is 2.56. The van der Waals surface area contributed by atoms with E-state index in [0.29, 0.717) is 5.70 Å². The molecule has 0 bridgehead atoms. The van der Waals surface area contributed by atoms with Crippen molar-refractivity contribution in [3.8, 4) is 0 Å². The number of urea groups is 1. The maximum absolute atomic E-state index is 12.2. The van der Waals surface area contributed by atoms with Crippen molar-refractivity contribution < 1.29 is 9.59 Å². The van der Waals surface area contributed by atoms with Crippen molar-refractivity contribution in [2.24, 2.45) is 0 Å². The van der Waals surface area contributed by atoms with Gasteiger partial charge in [-0.3, -0.25) is 15.0 Å². The van der Waals surface area contributed by atoms with Crippen LogP contribution in [0.15, 0.2) is 54.2 Å². The highest BCUT2D eigenvalue weighted by atomic mass is 16.2. The molecule has 1 N–H and O–H groups in total. The van der Waals surface area contributed by atoms with Crippen molar-refractivity contribution in [1.29, 1.82) is 0 Å². The smallest absolute Gasteiger partial charge is 0.272 e. The lowest BCUT2D eigenvalue weighted by molar-refractivity contribution is -0.115. The first-order chi connectivity index (χ1) is 10.6. The lowest BCUT2D eigenvalue weighted by Crippen LogP contribution is -2.27. The van der Waals surface area contributed by atoms with Crippen LogP contribution in [0.25, 0.3) is 6.08 Å². The Balaban J connectivity index is 2.09. The van der Waals surface area contributed by atoms with E-state index < -0.39 is 6.03 Å². The van der Waals surface area contributed by atoms with Gasteiger partial charge in [0.2, 0.25) is 0 Å². The normalized spacial score (nSPS) is 16.3. The Morgan fingerprint density at radius 1 is 1.00 bits per heavy atom. The van der Waals surface area contributed by atoms with Gasteiger partial charge in [-0.1, -0.05) is 48.0 Å². The van der Waals surface area contributed by atoms with Gasteiger partial charge in [0, 0.05) is 0 Å². The third kappa shape index (κ3) is 2.51. The molecule has 0 radical (unpaired) electrons. The van der Waals surface area contributed by atoms with E-state index >= 15 is 0 Å². The maximum Gasteiger partial charge on any atom is 0.333 e. The first-order valence-corrected chi connectivity index (χ1v) is 7.06. The minimum absolute atomic E-state index is 0.336. The molecule has 0 aliphatic carbocycles. The third-order valence-electron chi connectivity index (χ3n) is 3.59. The summed E-state index contributed by atoms with van der Waals surface area (Å²) in [6.45, 7) is 3.92. The molecule has 2 aromatic carbocycles. The number of nitrogens with zero attached hydrogens (tertiary/aromatic N) is 1. The van der Waals surface area contributed by atoms with Gasteiger partial charge in [-0.25, -0.2) is 4.79 Å². The molecule has 1 fully saturated rings. The molecule has 1 aliphatic heterocycles. The summed E-state index contributed by atoms with van der Waals surface area (Å²) in [6.07, 6.45) is 1.72. The van der Waals surface area contributed by atoms with Crippen LogP contribution >= 0.6 is 0 Å². The van der Waals surface area contributed by atoms with Crippen LogP contribution in [0.3, 0.4) is 0 Å². The highest BCUT2D eigenvalue weighted by Gasteiger charge is 2.34. The summed E-state index contributed by atoms with van der Waals surface area (Å²) in [5.74, 6) is -0.381. The summed E-state index contributed by atoms with van der Waals surface area (Å²) in [4.78, 5) is 25.7. The SMILES string of the molecule is Cc1ccc(N2C(=O)NC(=O)C2=Cc2ccccc2)c(C)c1. The lowest BCUT2D eigenvalue weighted by Gasteiger charge is -2.18. The van der Waals surface area contributed by atoms with Crippen molar-refractivity contribution in [2.75, 3.05) is 4.90 Å². The standard InChI is InChI=1S/C18H16N2O2/c1-12-8-9-15(13(2)10-12)20-16(17(21)19-18(20)22)11-14-6-4-3-5-7-14/h3-11H,1-2H3,(H,19,21,22). The van der Waals surface area contributed by atoms with Crippen molar-refractivity contribution in [2.45, 2.75) is 13.8 Å². The second-order valence-electron chi connectivity index (χ2n) is 5.32. The van der Waals surface area contributed by atoms with E-state index in [-0.39, 0.29) is 5.91 Å².